The van der Waals surface area contributed by atoms with Gasteiger partial charge in [-0.25, -0.2) is 4.39 Å². The van der Waals surface area contributed by atoms with Crippen LogP contribution in [0.2, 0.25) is 0 Å². The predicted octanol–water partition coefficient (Wildman–Crippen LogP) is 1.70. The minimum atomic E-state index is -0.661. The van der Waals surface area contributed by atoms with Gasteiger partial charge in [-0.1, -0.05) is 0 Å². The predicted molar refractivity (Wildman–Crippen MR) is 68.9 cm³/mol. The van der Waals surface area contributed by atoms with Crippen molar-refractivity contribution in [3.8, 4) is 6.07 Å². The highest BCUT2D eigenvalue weighted by Gasteiger charge is 2.17. The Hall–Kier alpha value is -1.25. The van der Waals surface area contributed by atoms with E-state index in [9.17, 15) is 8.60 Å². The van der Waals surface area contributed by atoms with Crippen LogP contribution in [0.15, 0.2) is 18.2 Å². The van der Waals surface area contributed by atoms with Gasteiger partial charge in [0.1, 0.15) is 5.82 Å². The van der Waals surface area contributed by atoms with Crippen molar-refractivity contribution in [1.82, 2.24) is 5.32 Å². The normalized spacial score (nSPS) is 23.6. The molecule has 0 atom stereocenters. The van der Waals surface area contributed by atoms with E-state index >= 15 is 0 Å². The molecule has 5 heteroatoms. The molecule has 1 aliphatic rings. The molecule has 0 saturated carbocycles. The molecular formula is C13H15FN2OS. The molecule has 0 spiro atoms. The van der Waals surface area contributed by atoms with Crippen LogP contribution in [0.5, 0.6) is 0 Å². The molecule has 3 nitrogen and oxygen atoms in total. The third kappa shape index (κ3) is 3.62. The van der Waals surface area contributed by atoms with Gasteiger partial charge in [-0.15, -0.1) is 0 Å². The van der Waals surface area contributed by atoms with Crippen LogP contribution in [0.4, 0.5) is 4.39 Å². The van der Waals surface area contributed by atoms with Crippen molar-refractivity contribution >= 4 is 10.8 Å². The molecule has 1 N–H and O–H groups in total. The van der Waals surface area contributed by atoms with Gasteiger partial charge in [-0.3, -0.25) is 4.21 Å². The van der Waals surface area contributed by atoms with Crippen molar-refractivity contribution in [1.29, 1.82) is 5.26 Å². The Kier molecular flexibility index (Phi) is 4.45. The topological polar surface area (TPSA) is 52.9 Å². The zero-order chi connectivity index (χ0) is 13.0. The molecule has 0 bridgehead atoms. The molecule has 1 heterocycles. The summed E-state index contributed by atoms with van der Waals surface area (Å²) in [7, 11) is -0.661. The summed E-state index contributed by atoms with van der Waals surface area (Å²) in [6.45, 7) is 0.545. The molecule has 1 aliphatic heterocycles. The highest BCUT2D eigenvalue weighted by atomic mass is 32.2. The fourth-order valence-corrected chi connectivity index (χ4v) is 3.38. The molecule has 96 valence electrons. The molecule has 0 unspecified atom stereocenters. The van der Waals surface area contributed by atoms with Crippen LogP contribution in [-0.2, 0) is 17.3 Å². The lowest BCUT2D eigenvalue weighted by Gasteiger charge is -2.22. The van der Waals surface area contributed by atoms with E-state index < -0.39 is 10.8 Å². The molecule has 0 amide bonds. The van der Waals surface area contributed by atoms with Crippen LogP contribution in [0.1, 0.15) is 24.0 Å². The second-order valence-electron chi connectivity index (χ2n) is 4.46. The summed E-state index contributed by atoms with van der Waals surface area (Å²) in [5.41, 5.74) is 1.12. The Bertz CT molecular complexity index is 488. The minimum Gasteiger partial charge on any atom is -0.310 e. The van der Waals surface area contributed by atoms with Gasteiger partial charge in [-0.2, -0.15) is 5.26 Å². The third-order valence-electron chi connectivity index (χ3n) is 3.07. The van der Waals surface area contributed by atoms with Crippen molar-refractivity contribution in [2.24, 2.45) is 0 Å². The zero-order valence-corrected chi connectivity index (χ0v) is 10.8. The highest BCUT2D eigenvalue weighted by molar-refractivity contribution is 7.85. The molecular weight excluding hydrogens is 251 g/mol. The summed E-state index contributed by atoms with van der Waals surface area (Å²) >= 11 is 0. The van der Waals surface area contributed by atoms with E-state index in [0.717, 1.165) is 29.9 Å². The first-order chi connectivity index (χ1) is 8.67. The molecule has 1 fully saturated rings. The molecule has 18 heavy (non-hydrogen) atoms. The van der Waals surface area contributed by atoms with Gasteiger partial charge >= 0.3 is 0 Å². The number of nitrogens with zero attached hydrogens (tertiary/aromatic N) is 1. The van der Waals surface area contributed by atoms with E-state index in [4.69, 9.17) is 5.26 Å². The lowest BCUT2D eigenvalue weighted by molar-refractivity contribution is 0.474. The lowest BCUT2D eigenvalue weighted by Crippen LogP contribution is -2.35. The second kappa shape index (κ2) is 6.07. The average Bonchev–Trinajstić information content (AvgIpc) is 2.37. The van der Waals surface area contributed by atoms with E-state index in [-0.39, 0.29) is 5.82 Å². The molecule has 1 aromatic rings. The third-order valence-corrected chi connectivity index (χ3v) is 4.45. The van der Waals surface area contributed by atoms with Gasteiger partial charge in [0, 0.05) is 34.9 Å². The Balaban J connectivity index is 1.92. The van der Waals surface area contributed by atoms with Gasteiger partial charge in [0.2, 0.25) is 0 Å². The maximum absolute atomic E-state index is 13.2. The summed E-state index contributed by atoms with van der Waals surface area (Å²) < 4.78 is 24.4. The number of nitrogens with one attached hydrogen (secondary N) is 1. The zero-order valence-electron chi connectivity index (χ0n) is 9.99. The Morgan fingerprint density at radius 1 is 1.39 bits per heavy atom. The van der Waals surface area contributed by atoms with Gasteiger partial charge in [0.15, 0.2) is 0 Å². The van der Waals surface area contributed by atoms with E-state index in [2.05, 4.69) is 5.32 Å². The Morgan fingerprint density at radius 3 is 2.78 bits per heavy atom. The van der Waals surface area contributed by atoms with Crippen molar-refractivity contribution in [3.05, 3.63) is 35.1 Å². The van der Waals surface area contributed by atoms with Crippen LogP contribution < -0.4 is 5.32 Å². The SMILES string of the molecule is N#Cc1cc(F)cc(CNC2CCS(=O)CC2)c1. The minimum absolute atomic E-state index is 0.344. The van der Waals surface area contributed by atoms with Gasteiger partial charge in [-0.05, 0) is 36.6 Å². The number of halogens is 1. The van der Waals surface area contributed by atoms with Crippen LogP contribution in [0.25, 0.3) is 0 Å². The van der Waals surface area contributed by atoms with Gasteiger partial charge in [0.05, 0.1) is 11.6 Å². The lowest BCUT2D eigenvalue weighted by atomic mass is 10.1. The molecule has 2 rings (SSSR count). The quantitative estimate of drug-likeness (QED) is 0.906. The summed E-state index contributed by atoms with van der Waals surface area (Å²) in [5, 5.41) is 12.1. The van der Waals surface area contributed by atoms with E-state index in [0.29, 0.717) is 18.2 Å². The van der Waals surface area contributed by atoms with Crippen LogP contribution in [0, 0.1) is 17.1 Å². The molecule has 1 saturated heterocycles. The number of benzene rings is 1. The van der Waals surface area contributed by atoms with Crippen molar-refractivity contribution < 1.29 is 8.60 Å². The number of nitriles is 1. The number of hydrogen-bond acceptors (Lipinski definition) is 3. The Labute approximate surface area is 108 Å². The van der Waals surface area contributed by atoms with Crippen LogP contribution in [-0.4, -0.2) is 21.8 Å². The van der Waals surface area contributed by atoms with E-state index in [1.807, 2.05) is 6.07 Å². The van der Waals surface area contributed by atoms with Gasteiger partial charge in [0.25, 0.3) is 0 Å². The van der Waals surface area contributed by atoms with Crippen molar-refractivity contribution in [2.75, 3.05) is 11.5 Å². The van der Waals surface area contributed by atoms with Crippen molar-refractivity contribution in [3.63, 3.8) is 0 Å². The molecule has 0 aliphatic carbocycles. The largest absolute Gasteiger partial charge is 0.310 e. The first-order valence-corrected chi connectivity index (χ1v) is 7.44. The second-order valence-corrected chi connectivity index (χ2v) is 6.16. The number of rotatable bonds is 3. The van der Waals surface area contributed by atoms with Crippen LogP contribution >= 0.6 is 0 Å². The summed E-state index contributed by atoms with van der Waals surface area (Å²) in [5.74, 6) is 1.10. The number of hydrogen-bond donors (Lipinski definition) is 1. The molecule has 0 aromatic heterocycles. The first kappa shape index (κ1) is 13.2. The fraction of sp³-hybridized carbons (Fsp3) is 0.462. The molecule has 0 radical (unpaired) electrons. The maximum atomic E-state index is 13.2. The van der Waals surface area contributed by atoms with E-state index in [1.54, 1.807) is 6.07 Å². The van der Waals surface area contributed by atoms with Crippen molar-refractivity contribution in [2.45, 2.75) is 25.4 Å². The monoisotopic (exact) mass is 266 g/mol. The standard InChI is InChI=1S/C13H15FN2OS/c14-12-6-10(8-15)5-11(7-12)9-16-13-1-3-18(17)4-2-13/h5-7,13,16H,1-4,9H2. The average molecular weight is 266 g/mol. The summed E-state index contributed by atoms with van der Waals surface area (Å²) in [6, 6.07) is 6.65. The Morgan fingerprint density at radius 2 is 2.11 bits per heavy atom. The van der Waals surface area contributed by atoms with Crippen LogP contribution in [0.3, 0.4) is 0 Å². The summed E-state index contributed by atoms with van der Waals surface area (Å²) in [6.07, 6.45) is 1.79. The van der Waals surface area contributed by atoms with E-state index in [1.165, 1.54) is 12.1 Å². The van der Waals surface area contributed by atoms with Gasteiger partial charge < -0.3 is 5.32 Å². The first-order valence-electron chi connectivity index (χ1n) is 5.95. The summed E-state index contributed by atoms with van der Waals surface area (Å²) in [4.78, 5) is 0. The molecule has 1 aromatic carbocycles. The highest BCUT2D eigenvalue weighted by Crippen LogP contribution is 2.12. The smallest absolute Gasteiger partial charge is 0.124 e. The fourth-order valence-electron chi connectivity index (χ4n) is 2.08. The maximum Gasteiger partial charge on any atom is 0.124 e.